The van der Waals surface area contributed by atoms with Crippen molar-refractivity contribution >= 4 is 46.5 Å². The number of hydrazine groups is 1. The zero-order valence-electron chi connectivity index (χ0n) is 16.0. The molecule has 1 aliphatic rings. The molecule has 7 nitrogen and oxygen atoms in total. The number of nitrogens with zero attached hydrogens (tertiary/aromatic N) is 1. The first kappa shape index (κ1) is 20.1. The first-order valence-electron chi connectivity index (χ1n) is 9.20. The summed E-state index contributed by atoms with van der Waals surface area (Å²) in [5.74, 6) is -1.11. The minimum absolute atomic E-state index is 0.0535. The molecule has 0 spiro atoms. The molecule has 30 heavy (non-hydrogen) atoms. The second-order valence-electron chi connectivity index (χ2n) is 6.60. The van der Waals surface area contributed by atoms with Gasteiger partial charge in [-0.25, -0.2) is 4.98 Å². The highest BCUT2D eigenvalue weighted by molar-refractivity contribution is 8.01. The zero-order chi connectivity index (χ0) is 21.1. The van der Waals surface area contributed by atoms with Crippen molar-refractivity contribution in [3.63, 3.8) is 0 Å². The lowest BCUT2D eigenvalue weighted by atomic mass is 10.2. The molecule has 3 aromatic rings. The molecule has 1 aliphatic heterocycles. The number of carbonyl (C=O) groups is 3. The summed E-state index contributed by atoms with van der Waals surface area (Å²) < 4.78 is 0. The summed E-state index contributed by atoms with van der Waals surface area (Å²) in [5.41, 5.74) is 7.07. The maximum atomic E-state index is 12.5. The van der Waals surface area contributed by atoms with Crippen LogP contribution in [0.2, 0.25) is 0 Å². The largest absolute Gasteiger partial charge is 0.324 e. The van der Waals surface area contributed by atoms with Gasteiger partial charge in [0.2, 0.25) is 11.8 Å². The van der Waals surface area contributed by atoms with Crippen molar-refractivity contribution < 1.29 is 14.4 Å². The highest BCUT2D eigenvalue weighted by Gasteiger charge is 2.29. The number of rotatable bonds is 4. The van der Waals surface area contributed by atoms with Crippen LogP contribution < -0.4 is 16.2 Å². The van der Waals surface area contributed by atoms with Gasteiger partial charge in [-0.15, -0.1) is 23.1 Å². The van der Waals surface area contributed by atoms with Gasteiger partial charge in [-0.2, -0.15) is 0 Å². The van der Waals surface area contributed by atoms with E-state index in [2.05, 4.69) is 21.2 Å². The van der Waals surface area contributed by atoms with Crippen LogP contribution in [0, 0.1) is 6.92 Å². The first-order valence-corrected chi connectivity index (χ1v) is 10.9. The van der Waals surface area contributed by atoms with E-state index in [0.29, 0.717) is 10.6 Å². The number of hydrogen-bond donors (Lipinski definition) is 3. The summed E-state index contributed by atoms with van der Waals surface area (Å²) >= 11 is 2.59. The van der Waals surface area contributed by atoms with E-state index < -0.39 is 17.1 Å². The maximum Gasteiger partial charge on any atom is 0.281 e. The van der Waals surface area contributed by atoms with Crippen LogP contribution in [0.1, 0.15) is 21.8 Å². The van der Waals surface area contributed by atoms with Crippen LogP contribution >= 0.6 is 23.1 Å². The van der Waals surface area contributed by atoms with Gasteiger partial charge in [0.05, 0.1) is 16.6 Å². The van der Waals surface area contributed by atoms with E-state index in [1.165, 1.54) is 23.1 Å². The molecule has 0 aliphatic carbocycles. The Labute approximate surface area is 181 Å². The topological polar surface area (TPSA) is 100 Å². The smallest absolute Gasteiger partial charge is 0.281 e. The van der Waals surface area contributed by atoms with Gasteiger partial charge in [0.15, 0.2) is 0 Å². The fourth-order valence-electron chi connectivity index (χ4n) is 2.94. The minimum atomic E-state index is -0.563. The van der Waals surface area contributed by atoms with E-state index in [-0.39, 0.29) is 12.3 Å². The monoisotopic (exact) mass is 438 g/mol. The Morgan fingerprint density at radius 2 is 1.80 bits per heavy atom. The number of fused-ring (bicyclic) bond motifs is 1. The van der Waals surface area contributed by atoms with Crippen molar-refractivity contribution in [1.29, 1.82) is 0 Å². The lowest BCUT2D eigenvalue weighted by Crippen LogP contribution is -2.44. The Morgan fingerprint density at radius 3 is 2.60 bits per heavy atom. The van der Waals surface area contributed by atoms with Crippen molar-refractivity contribution in [3.05, 3.63) is 65.2 Å². The third-order valence-electron chi connectivity index (χ3n) is 4.42. The lowest BCUT2D eigenvalue weighted by Gasteiger charge is -2.23. The molecule has 4 rings (SSSR count). The molecule has 152 valence electrons. The van der Waals surface area contributed by atoms with E-state index in [0.717, 1.165) is 21.2 Å². The summed E-state index contributed by atoms with van der Waals surface area (Å²) in [6.45, 7) is 1.75. The molecular weight excluding hydrogens is 420 g/mol. The third-order valence-corrected chi connectivity index (χ3v) is 6.90. The Balaban J connectivity index is 1.35. The van der Waals surface area contributed by atoms with E-state index >= 15 is 0 Å². The van der Waals surface area contributed by atoms with Crippen molar-refractivity contribution in [3.8, 4) is 10.6 Å². The van der Waals surface area contributed by atoms with Gasteiger partial charge in [0.25, 0.3) is 5.91 Å². The molecule has 0 fully saturated rings. The van der Waals surface area contributed by atoms with Crippen LogP contribution in [0.15, 0.2) is 59.5 Å². The average molecular weight is 439 g/mol. The number of amides is 3. The van der Waals surface area contributed by atoms with E-state index in [9.17, 15) is 14.4 Å². The van der Waals surface area contributed by atoms with Gasteiger partial charge in [0.1, 0.15) is 9.88 Å². The molecule has 1 aromatic heterocycles. The third kappa shape index (κ3) is 4.37. The predicted molar refractivity (Wildman–Crippen MR) is 117 cm³/mol. The molecular formula is C21H18N4O3S2. The van der Waals surface area contributed by atoms with Gasteiger partial charge < -0.3 is 5.32 Å². The van der Waals surface area contributed by atoms with Crippen LogP contribution in [0.5, 0.6) is 0 Å². The molecule has 0 unspecified atom stereocenters. The van der Waals surface area contributed by atoms with E-state index in [4.69, 9.17) is 0 Å². The molecule has 0 saturated carbocycles. The summed E-state index contributed by atoms with van der Waals surface area (Å²) in [6, 6.07) is 17.0. The standard InChI is InChI=1S/C21H18N4O3S2/c1-12-18(30-21(22-12)13-7-3-2-4-8-13)20(28)25-24-17(26)11-16-19(27)23-14-9-5-6-10-15(14)29-16/h2-10,16H,11H2,1H3,(H,23,27)(H,24,26)(H,25,28)/t16-/m1/s1. The molecule has 3 amide bonds. The Morgan fingerprint density at radius 1 is 1.07 bits per heavy atom. The number of thioether (sulfide) groups is 1. The quantitative estimate of drug-likeness (QED) is 0.542. The molecule has 0 saturated heterocycles. The van der Waals surface area contributed by atoms with Gasteiger partial charge in [-0.3, -0.25) is 25.2 Å². The second-order valence-corrected chi connectivity index (χ2v) is 8.84. The molecule has 2 aromatic carbocycles. The number of aryl methyl sites for hydroxylation is 1. The van der Waals surface area contributed by atoms with Crippen molar-refractivity contribution in [2.45, 2.75) is 23.5 Å². The number of nitrogens with one attached hydrogen (secondary N) is 3. The average Bonchev–Trinajstić information content (AvgIpc) is 3.15. The number of aromatic nitrogens is 1. The van der Waals surface area contributed by atoms with Crippen molar-refractivity contribution in [2.75, 3.05) is 5.32 Å². The fourth-order valence-corrected chi connectivity index (χ4v) is 5.02. The summed E-state index contributed by atoms with van der Waals surface area (Å²) in [5, 5.41) is 2.97. The molecule has 0 bridgehead atoms. The normalized spacial score (nSPS) is 15.1. The van der Waals surface area contributed by atoms with Crippen molar-refractivity contribution in [2.24, 2.45) is 0 Å². The number of benzene rings is 2. The number of para-hydroxylation sites is 1. The SMILES string of the molecule is Cc1nc(-c2ccccc2)sc1C(=O)NNC(=O)C[C@H]1Sc2ccccc2NC1=O. The predicted octanol–water partition coefficient (Wildman–Crippen LogP) is 3.38. The zero-order valence-corrected chi connectivity index (χ0v) is 17.6. The van der Waals surface area contributed by atoms with Crippen LogP contribution in [0.3, 0.4) is 0 Å². The highest BCUT2D eigenvalue weighted by atomic mass is 32.2. The van der Waals surface area contributed by atoms with E-state index in [1.54, 1.807) is 6.92 Å². The van der Waals surface area contributed by atoms with Crippen LogP contribution in [-0.2, 0) is 9.59 Å². The van der Waals surface area contributed by atoms with Crippen LogP contribution in [0.4, 0.5) is 5.69 Å². The Hall–Kier alpha value is -3.17. The number of hydrogen-bond acceptors (Lipinski definition) is 6. The van der Waals surface area contributed by atoms with Crippen LogP contribution in [-0.4, -0.2) is 28.0 Å². The Bertz CT molecular complexity index is 1110. The van der Waals surface area contributed by atoms with Crippen molar-refractivity contribution in [1.82, 2.24) is 15.8 Å². The molecule has 0 radical (unpaired) electrons. The molecule has 9 heteroatoms. The fraction of sp³-hybridized carbons (Fsp3) is 0.143. The second kappa shape index (κ2) is 8.68. The summed E-state index contributed by atoms with van der Waals surface area (Å²) in [6.07, 6.45) is -0.0535. The molecule has 1 atom stereocenters. The van der Waals surface area contributed by atoms with Gasteiger partial charge in [0, 0.05) is 16.9 Å². The first-order chi connectivity index (χ1) is 14.5. The van der Waals surface area contributed by atoms with Gasteiger partial charge in [-0.1, -0.05) is 42.5 Å². The maximum absolute atomic E-state index is 12.5. The Kier molecular flexibility index (Phi) is 5.82. The van der Waals surface area contributed by atoms with E-state index in [1.807, 2.05) is 54.6 Å². The molecule has 3 N–H and O–H groups in total. The number of carbonyl (C=O) groups excluding carboxylic acids is 3. The lowest BCUT2D eigenvalue weighted by molar-refractivity contribution is -0.124. The summed E-state index contributed by atoms with van der Waals surface area (Å²) in [7, 11) is 0. The summed E-state index contributed by atoms with van der Waals surface area (Å²) in [4.78, 5) is 42.8. The minimum Gasteiger partial charge on any atom is -0.324 e. The number of anilines is 1. The van der Waals surface area contributed by atoms with Gasteiger partial charge >= 0.3 is 0 Å². The molecule has 2 heterocycles. The van der Waals surface area contributed by atoms with Crippen LogP contribution in [0.25, 0.3) is 10.6 Å². The highest BCUT2D eigenvalue weighted by Crippen LogP contribution is 2.36. The van der Waals surface area contributed by atoms with Gasteiger partial charge in [-0.05, 0) is 19.1 Å². The number of thiazole rings is 1.